The average molecular weight is 342 g/mol. The number of aromatic hydroxyl groups is 1. The van der Waals surface area contributed by atoms with Gasteiger partial charge in [0.1, 0.15) is 5.75 Å². The van der Waals surface area contributed by atoms with Crippen molar-refractivity contribution in [3.63, 3.8) is 0 Å². The molecule has 1 aromatic carbocycles. The number of benzene rings is 1. The van der Waals surface area contributed by atoms with Crippen LogP contribution in [0.3, 0.4) is 0 Å². The summed E-state index contributed by atoms with van der Waals surface area (Å²) in [6.07, 6.45) is 4.54. The topological polar surface area (TPSA) is 45.6 Å². The van der Waals surface area contributed by atoms with Crippen LogP contribution < -0.4 is 4.74 Å². The SMILES string of the molecule is Oc1ccc(CCN2C[C@H]3C[C@H](Oc4ccccc4F)C[C@H]3C2)nc1. The summed E-state index contributed by atoms with van der Waals surface area (Å²) < 4.78 is 19.6. The Hall–Kier alpha value is -2.14. The van der Waals surface area contributed by atoms with Crippen molar-refractivity contribution in [3.8, 4) is 11.5 Å². The van der Waals surface area contributed by atoms with Gasteiger partial charge in [0.05, 0.1) is 12.3 Å². The quantitative estimate of drug-likeness (QED) is 0.906. The zero-order chi connectivity index (χ0) is 17.2. The van der Waals surface area contributed by atoms with E-state index in [0.29, 0.717) is 17.6 Å². The minimum absolute atomic E-state index is 0.132. The summed E-state index contributed by atoms with van der Waals surface area (Å²) in [5.74, 6) is 1.60. The molecule has 2 heterocycles. The Bertz CT molecular complexity index is 708. The lowest BCUT2D eigenvalue weighted by Gasteiger charge is -2.19. The van der Waals surface area contributed by atoms with Crippen LogP contribution in [0.2, 0.25) is 0 Å². The van der Waals surface area contributed by atoms with Crippen LogP contribution in [0.1, 0.15) is 18.5 Å². The third kappa shape index (κ3) is 3.76. The van der Waals surface area contributed by atoms with E-state index in [2.05, 4.69) is 9.88 Å². The maximum atomic E-state index is 13.7. The van der Waals surface area contributed by atoms with E-state index in [1.165, 1.54) is 12.3 Å². The third-order valence-electron chi connectivity index (χ3n) is 5.41. The number of halogens is 1. The minimum Gasteiger partial charge on any atom is -0.506 e. The van der Waals surface area contributed by atoms with Gasteiger partial charge in [0.2, 0.25) is 0 Å². The van der Waals surface area contributed by atoms with Crippen molar-refractivity contribution < 1.29 is 14.2 Å². The van der Waals surface area contributed by atoms with E-state index >= 15 is 0 Å². The zero-order valence-electron chi connectivity index (χ0n) is 14.1. The van der Waals surface area contributed by atoms with Crippen LogP contribution in [0.4, 0.5) is 4.39 Å². The number of ether oxygens (including phenoxy) is 1. The third-order valence-corrected chi connectivity index (χ3v) is 5.41. The van der Waals surface area contributed by atoms with E-state index in [4.69, 9.17) is 4.74 Å². The second kappa shape index (κ2) is 7.00. The smallest absolute Gasteiger partial charge is 0.165 e. The number of aromatic nitrogens is 1. The van der Waals surface area contributed by atoms with Crippen molar-refractivity contribution in [2.45, 2.75) is 25.4 Å². The first kappa shape index (κ1) is 16.3. The fourth-order valence-corrected chi connectivity index (χ4v) is 4.18. The molecule has 0 bridgehead atoms. The molecular formula is C20H23FN2O2. The molecule has 1 aromatic heterocycles. The summed E-state index contributed by atoms with van der Waals surface area (Å²) in [5.41, 5.74) is 1.01. The van der Waals surface area contributed by atoms with Crippen LogP contribution in [0, 0.1) is 17.7 Å². The number of hydrogen-bond donors (Lipinski definition) is 1. The normalized spacial score (nSPS) is 25.9. The van der Waals surface area contributed by atoms with E-state index in [1.807, 2.05) is 12.1 Å². The molecule has 0 amide bonds. The van der Waals surface area contributed by atoms with Gasteiger partial charge in [-0.1, -0.05) is 12.1 Å². The monoisotopic (exact) mass is 342 g/mol. The average Bonchev–Trinajstić information content (AvgIpc) is 3.14. The van der Waals surface area contributed by atoms with Gasteiger partial charge in [0.15, 0.2) is 11.6 Å². The van der Waals surface area contributed by atoms with Crippen molar-refractivity contribution >= 4 is 0 Å². The first-order chi connectivity index (χ1) is 12.2. The molecule has 1 saturated heterocycles. The van der Waals surface area contributed by atoms with Gasteiger partial charge in [-0.05, 0) is 48.9 Å². The van der Waals surface area contributed by atoms with Gasteiger partial charge < -0.3 is 14.7 Å². The molecule has 2 aromatic rings. The predicted octanol–water partition coefficient (Wildman–Crippen LogP) is 3.26. The Kier molecular flexibility index (Phi) is 4.57. The van der Waals surface area contributed by atoms with Crippen LogP contribution >= 0.6 is 0 Å². The molecule has 2 fully saturated rings. The molecule has 1 saturated carbocycles. The van der Waals surface area contributed by atoms with Crippen molar-refractivity contribution in [1.82, 2.24) is 9.88 Å². The number of para-hydroxylation sites is 1. The lowest BCUT2D eigenvalue weighted by Crippen LogP contribution is -2.26. The number of nitrogens with zero attached hydrogens (tertiary/aromatic N) is 2. The number of fused-ring (bicyclic) bond motifs is 1. The molecule has 4 rings (SSSR count). The number of hydrogen-bond acceptors (Lipinski definition) is 4. The highest BCUT2D eigenvalue weighted by atomic mass is 19.1. The molecule has 1 aliphatic carbocycles. The number of pyridine rings is 1. The standard InChI is InChI=1S/C20H23FN2O2/c21-19-3-1-2-4-20(19)25-18-9-14-12-23(13-15(14)10-18)8-7-16-5-6-17(24)11-22-16/h1-6,11,14-15,18,24H,7-10,12-13H2/t14-,15+,18+. The van der Waals surface area contributed by atoms with Crippen molar-refractivity contribution in [2.24, 2.45) is 11.8 Å². The summed E-state index contributed by atoms with van der Waals surface area (Å²) in [6.45, 7) is 3.16. The number of likely N-dealkylation sites (tertiary alicyclic amines) is 1. The second-order valence-corrected chi connectivity index (χ2v) is 7.18. The van der Waals surface area contributed by atoms with Gasteiger partial charge in [-0.15, -0.1) is 0 Å². The molecule has 5 heteroatoms. The Morgan fingerprint density at radius 2 is 1.88 bits per heavy atom. The van der Waals surface area contributed by atoms with Gasteiger partial charge in [-0.3, -0.25) is 4.98 Å². The van der Waals surface area contributed by atoms with Gasteiger partial charge in [0.25, 0.3) is 0 Å². The molecule has 1 N–H and O–H groups in total. The largest absolute Gasteiger partial charge is 0.506 e. The van der Waals surface area contributed by atoms with E-state index < -0.39 is 0 Å². The number of rotatable bonds is 5. The summed E-state index contributed by atoms with van der Waals surface area (Å²) in [6, 6.07) is 10.2. The fourth-order valence-electron chi connectivity index (χ4n) is 4.18. The molecular weight excluding hydrogens is 319 g/mol. The Morgan fingerprint density at radius 1 is 1.12 bits per heavy atom. The van der Waals surface area contributed by atoms with Gasteiger partial charge in [-0.25, -0.2) is 4.39 Å². The van der Waals surface area contributed by atoms with Gasteiger partial charge >= 0.3 is 0 Å². The van der Waals surface area contributed by atoms with E-state index in [0.717, 1.165) is 44.6 Å². The lowest BCUT2D eigenvalue weighted by molar-refractivity contribution is 0.179. The molecule has 1 aliphatic heterocycles. The van der Waals surface area contributed by atoms with Crippen LogP contribution in [0.15, 0.2) is 42.6 Å². The van der Waals surface area contributed by atoms with E-state index in [1.54, 1.807) is 18.2 Å². The minimum atomic E-state index is -0.275. The Balaban J connectivity index is 1.26. The van der Waals surface area contributed by atoms with Gasteiger partial charge in [0, 0.05) is 31.7 Å². The van der Waals surface area contributed by atoms with Crippen molar-refractivity contribution in [2.75, 3.05) is 19.6 Å². The molecule has 25 heavy (non-hydrogen) atoms. The van der Waals surface area contributed by atoms with E-state index in [-0.39, 0.29) is 17.7 Å². The lowest BCUT2D eigenvalue weighted by atomic mass is 10.0. The Labute approximate surface area is 147 Å². The zero-order valence-corrected chi connectivity index (χ0v) is 14.1. The maximum Gasteiger partial charge on any atom is 0.165 e. The molecule has 2 aliphatic rings. The molecule has 3 atom stereocenters. The van der Waals surface area contributed by atoms with Crippen LogP contribution in [-0.2, 0) is 6.42 Å². The summed E-state index contributed by atoms with van der Waals surface area (Å²) in [5, 5.41) is 9.28. The van der Waals surface area contributed by atoms with Crippen LogP contribution in [0.25, 0.3) is 0 Å². The maximum absolute atomic E-state index is 13.7. The summed E-state index contributed by atoms with van der Waals surface area (Å²) in [4.78, 5) is 6.74. The van der Waals surface area contributed by atoms with Crippen LogP contribution in [-0.4, -0.2) is 40.7 Å². The Morgan fingerprint density at radius 3 is 2.56 bits per heavy atom. The summed E-state index contributed by atoms with van der Waals surface area (Å²) >= 11 is 0. The highest BCUT2D eigenvalue weighted by Gasteiger charge is 2.41. The first-order valence-corrected chi connectivity index (χ1v) is 8.95. The predicted molar refractivity (Wildman–Crippen MR) is 93.1 cm³/mol. The van der Waals surface area contributed by atoms with E-state index in [9.17, 15) is 9.50 Å². The highest BCUT2D eigenvalue weighted by molar-refractivity contribution is 5.24. The van der Waals surface area contributed by atoms with Crippen molar-refractivity contribution in [1.29, 1.82) is 0 Å². The fraction of sp³-hybridized carbons (Fsp3) is 0.450. The molecule has 0 radical (unpaired) electrons. The second-order valence-electron chi connectivity index (χ2n) is 7.18. The molecule has 0 spiro atoms. The molecule has 0 unspecified atom stereocenters. The summed E-state index contributed by atoms with van der Waals surface area (Å²) in [7, 11) is 0. The van der Waals surface area contributed by atoms with Gasteiger partial charge in [-0.2, -0.15) is 0 Å². The highest BCUT2D eigenvalue weighted by Crippen LogP contribution is 2.40. The van der Waals surface area contributed by atoms with Crippen LogP contribution in [0.5, 0.6) is 11.5 Å². The molecule has 4 nitrogen and oxygen atoms in total. The first-order valence-electron chi connectivity index (χ1n) is 8.95. The van der Waals surface area contributed by atoms with Crippen molar-refractivity contribution in [3.05, 3.63) is 54.1 Å². The molecule has 132 valence electrons.